The van der Waals surface area contributed by atoms with Crippen LogP contribution >= 0.6 is 11.6 Å². The van der Waals surface area contributed by atoms with E-state index in [2.05, 4.69) is 15.4 Å². The lowest BCUT2D eigenvalue weighted by molar-refractivity contribution is -0.137. The summed E-state index contributed by atoms with van der Waals surface area (Å²) < 4.78 is 33.2. The molecule has 0 radical (unpaired) electrons. The highest BCUT2D eigenvalue weighted by Gasteiger charge is 2.35. The fourth-order valence-corrected chi connectivity index (χ4v) is 4.78. The molecule has 0 bridgehead atoms. The van der Waals surface area contributed by atoms with Crippen molar-refractivity contribution in [3.63, 3.8) is 0 Å². The van der Waals surface area contributed by atoms with Crippen LogP contribution in [-0.2, 0) is 35.6 Å². The van der Waals surface area contributed by atoms with Gasteiger partial charge < -0.3 is 15.4 Å². The van der Waals surface area contributed by atoms with Crippen molar-refractivity contribution >= 4 is 39.1 Å². The maximum absolute atomic E-state index is 13.1. The summed E-state index contributed by atoms with van der Waals surface area (Å²) in [6.07, 6.45) is 0.270. The molecule has 32 heavy (non-hydrogen) atoms. The van der Waals surface area contributed by atoms with Gasteiger partial charge in [-0.3, -0.25) is 14.4 Å². The number of morpholine rings is 1. The molecule has 3 N–H and O–H groups in total. The maximum Gasteiger partial charge on any atom is 0.240 e. The molecule has 9 nitrogen and oxygen atoms in total. The highest BCUT2D eigenvalue weighted by Crippen LogP contribution is 2.12. The third-order valence-corrected chi connectivity index (χ3v) is 6.73. The Morgan fingerprint density at radius 1 is 1.19 bits per heavy atom. The smallest absolute Gasteiger partial charge is 0.240 e. The standard InChI is InChI=1S/C21H30ClN3O6S/c1-14(2)10-17(25-32(29,30)19-13-23-8-9-31-19)21(28)24-16(20(27)18(26)12-22)11-15-6-4-3-5-7-15/h3-7,14,16-17,19,23,25H,8-13H2,1-2H3,(H,24,28)/t16-,17-,19?/m0/s1. The van der Waals surface area contributed by atoms with Gasteiger partial charge in [0.25, 0.3) is 0 Å². The van der Waals surface area contributed by atoms with E-state index in [-0.39, 0.29) is 31.9 Å². The predicted molar refractivity (Wildman–Crippen MR) is 121 cm³/mol. The number of nitrogens with one attached hydrogen (secondary N) is 3. The van der Waals surface area contributed by atoms with Crippen LogP contribution in [0.15, 0.2) is 30.3 Å². The molecule has 1 amide bonds. The molecule has 11 heteroatoms. The minimum absolute atomic E-state index is 0.0217. The SMILES string of the molecule is CC(C)C[C@H](NS(=O)(=O)C1CNCCO1)C(=O)N[C@@H](Cc1ccccc1)C(=O)C(=O)CCl. The van der Waals surface area contributed by atoms with Crippen LogP contribution < -0.4 is 15.4 Å². The van der Waals surface area contributed by atoms with Gasteiger partial charge in [0, 0.05) is 19.5 Å². The number of rotatable bonds is 12. The summed E-state index contributed by atoms with van der Waals surface area (Å²) in [5, 5.41) is 5.50. The molecule has 1 aliphatic heterocycles. The zero-order chi connectivity index (χ0) is 23.7. The van der Waals surface area contributed by atoms with Crippen LogP contribution in [0.1, 0.15) is 25.8 Å². The number of halogens is 1. The van der Waals surface area contributed by atoms with Crippen molar-refractivity contribution in [3.8, 4) is 0 Å². The second-order valence-electron chi connectivity index (χ2n) is 8.02. The highest BCUT2D eigenvalue weighted by molar-refractivity contribution is 7.90. The molecule has 0 aromatic heterocycles. The second-order valence-corrected chi connectivity index (χ2v) is 10.1. The van der Waals surface area contributed by atoms with Crippen molar-refractivity contribution in [2.24, 2.45) is 5.92 Å². The molecule has 1 fully saturated rings. The molecule has 0 saturated carbocycles. The molecule has 2 rings (SSSR count). The van der Waals surface area contributed by atoms with Crippen molar-refractivity contribution < 1.29 is 27.5 Å². The number of benzene rings is 1. The van der Waals surface area contributed by atoms with Gasteiger partial charge in [0.05, 0.1) is 18.5 Å². The van der Waals surface area contributed by atoms with Crippen LogP contribution in [0.3, 0.4) is 0 Å². The van der Waals surface area contributed by atoms with Gasteiger partial charge >= 0.3 is 0 Å². The van der Waals surface area contributed by atoms with Crippen molar-refractivity contribution in [3.05, 3.63) is 35.9 Å². The number of amides is 1. The summed E-state index contributed by atoms with van der Waals surface area (Å²) in [5.74, 6) is -2.87. The van der Waals surface area contributed by atoms with Gasteiger partial charge in [-0.15, -0.1) is 11.6 Å². The lowest BCUT2D eigenvalue weighted by Gasteiger charge is -2.28. The molecule has 0 spiro atoms. The normalized spacial score (nSPS) is 18.7. The third-order valence-electron chi connectivity index (χ3n) is 4.88. The monoisotopic (exact) mass is 487 g/mol. The number of ketones is 2. The summed E-state index contributed by atoms with van der Waals surface area (Å²) >= 11 is 5.54. The lowest BCUT2D eigenvalue weighted by atomic mass is 9.98. The number of hydrogen-bond acceptors (Lipinski definition) is 7. The number of hydrogen-bond donors (Lipinski definition) is 3. The lowest BCUT2D eigenvalue weighted by Crippen LogP contribution is -2.56. The van der Waals surface area contributed by atoms with Gasteiger partial charge in [-0.05, 0) is 17.9 Å². The van der Waals surface area contributed by atoms with E-state index in [0.717, 1.165) is 5.56 Å². The van der Waals surface area contributed by atoms with E-state index in [1.165, 1.54) is 0 Å². The predicted octanol–water partition coefficient (Wildman–Crippen LogP) is 0.371. The van der Waals surface area contributed by atoms with E-state index in [1.807, 2.05) is 13.8 Å². The number of carbonyl (C=O) groups is 3. The number of alkyl halides is 1. The largest absolute Gasteiger partial charge is 0.358 e. The molecular formula is C21H30ClN3O6S. The number of ether oxygens (including phenoxy) is 1. The van der Waals surface area contributed by atoms with Crippen LogP contribution in [-0.4, -0.2) is 69.0 Å². The fraction of sp³-hybridized carbons (Fsp3) is 0.571. The molecule has 1 aromatic rings. The Bertz CT molecular complexity index is 888. The zero-order valence-corrected chi connectivity index (χ0v) is 19.7. The summed E-state index contributed by atoms with van der Waals surface area (Å²) in [6, 6.07) is 6.58. The van der Waals surface area contributed by atoms with Gasteiger partial charge in [-0.25, -0.2) is 13.1 Å². The highest BCUT2D eigenvalue weighted by atomic mass is 35.5. The summed E-state index contributed by atoms with van der Waals surface area (Å²) in [4.78, 5) is 37.6. The number of sulfonamides is 1. The first kappa shape index (κ1) is 26.4. The topological polar surface area (TPSA) is 131 Å². The Labute approximate surface area is 193 Å². The van der Waals surface area contributed by atoms with Gasteiger partial charge in [-0.1, -0.05) is 44.2 Å². The first-order valence-electron chi connectivity index (χ1n) is 10.4. The van der Waals surface area contributed by atoms with Gasteiger partial charge in [0.1, 0.15) is 6.04 Å². The Hall–Kier alpha value is -1.85. The number of Topliss-reactive ketones (excluding diaryl/α,β-unsaturated/α-hetero) is 2. The molecular weight excluding hydrogens is 458 g/mol. The summed E-state index contributed by atoms with van der Waals surface area (Å²) in [5.41, 5.74) is -0.394. The van der Waals surface area contributed by atoms with Crippen LogP contribution in [0.4, 0.5) is 0 Å². The minimum Gasteiger partial charge on any atom is -0.358 e. The molecule has 1 aromatic carbocycles. The summed E-state index contributed by atoms with van der Waals surface area (Å²) in [7, 11) is -3.98. The van der Waals surface area contributed by atoms with Crippen molar-refractivity contribution in [2.45, 2.75) is 44.2 Å². The Kier molecular flexibility index (Phi) is 10.2. The maximum atomic E-state index is 13.1. The quantitative estimate of drug-likeness (QED) is 0.287. The van der Waals surface area contributed by atoms with Gasteiger partial charge in [0.2, 0.25) is 27.5 Å². The molecule has 3 atom stereocenters. The number of carbonyl (C=O) groups excluding carboxylic acids is 3. The first-order chi connectivity index (χ1) is 15.1. The van der Waals surface area contributed by atoms with Crippen molar-refractivity contribution in [1.29, 1.82) is 0 Å². The second kappa shape index (κ2) is 12.4. The van der Waals surface area contributed by atoms with Crippen LogP contribution in [0.5, 0.6) is 0 Å². The van der Waals surface area contributed by atoms with Crippen LogP contribution in [0.25, 0.3) is 0 Å². The summed E-state index contributed by atoms with van der Waals surface area (Å²) in [6.45, 7) is 4.57. The van der Waals surface area contributed by atoms with Gasteiger partial charge in [0.15, 0.2) is 5.44 Å². The van der Waals surface area contributed by atoms with Crippen LogP contribution in [0.2, 0.25) is 0 Å². The van der Waals surface area contributed by atoms with Gasteiger partial charge in [-0.2, -0.15) is 0 Å². The average Bonchev–Trinajstić information content (AvgIpc) is 2.78. The van der Waals surface area contributed by atoms with Crippen LogP contribution in [0, 0.1) is 5.92 Å². The molecule has 1 aliphatic rings. The Balaban J connectivity index is 2.20. The van der Waals surface area contributed by atoms with E-state index in [1.54, 1.807) is 30.3 Å². The van der Waals surface area contributed by atoms with E-state index < -0.39 is 50.9 Å². The third kappa shape index (κ3) is 7.93. The molecule has 1 saturated heterocycles. The van der Waals surface area contributed by atoms with E-state index >= 15 is 0 Å². The Morgan fingerprint density at radius 3 is 2.44 bits per heavy atom. The molecule has 1 unspecified atom stereocenters. The van der Waals surface area contributed by atoms with E-state index in [4.69, 9.17) is 16.3 Å². The van der Waals surface area contributed by atoms with Crippen molar-refractivity contribution in [1.82, 2.24) is 15.4 Å². The van der Waals surface area contributed by atoms with E-state index in [9.17, 15) is 22.8 Å². The van der Waals surface area contributed by atoms with Crippen molar-refractivity contribution in [2.75, 3.05) is 25.6 Å². The molecule has 0 aliphatic carbocycles. The first-order valence-corrected chi connectivity index (χ1v) is 12.5. The zero-order valence-electron chi connectivity index (χ0n) is 18.2. The Morgan fingerprint density at radius 2 is 1.88 bits per heavy atom. The molecule has 1 heterocycles. The average molecular weight is 488 g/mol. The molecule has 178 valence electrons. The fourth-order valence-electron chi connectivity index (χ4n) is 3.29. The minimum atomic E-state index is -3.98. The van der Waals surface area contributed by atoms with E-state index in [0.29, 0.717) is 6.54 Å².